The number of hydrogen-bond acceptors (Lipinski definition) is 20. The fourth-order valence-corrected chi connectivity index (χ4v) is 7.87. The maximum Gasteiger partial charge on any atom is 1.00 e. The molecule has 66 heavy (non-hydrogen) atoms. The largest absolute Gasteiger partial charge is 1.00 e. The van der Waals surface area contributed by atoms with E-state index in [1.54, 1.807) is 60.7 Å². The van der Waals surface area contributed by atoms with Crippen molar-refractivity contribution in [1.29, 1.82) is 0 Å². The van der Waals surface area contributed by atoms with Gasteiger partial charge in [-0.2, -0.15) is 46.7 Å². The number of rotatable bonds is 22. The summed E-state index contributed by atoms with van der Waals surface area (Å²) < 4.78 is 73.4. The first kappa shape index (κ1) is 53.7. The van der Waals surface area contributed by atoms with Crippen molar-refractivity contribution >= 4 is 90.8 Å². The van der Waals surface area contributed by atoms with Crippen LogP contribution in [0.2, 0.25) is 0 Å². The summed E-state index contributed by atoms with van der Waals surface area (Å²) in [5.41, 5.74) is 0.546. The van der Waals surface area contributed by atoms with Crippen molar-refractivity contribution in [2.75, 3.05) is 83.7 Å². The summed E-state index contributed by atoms with van der Waals surface area (Å²) in [4.78, 5) is 28.0. The number of benzene rings is 4. The van der Waals surface area contributed by atoms with E-state index < -0.39 is 30.0 Å². The standard InChI is InChI=1S/C40H44N12O10S2.2Na.2H/c53-23-19-51(20-24-54)39-47-35(41-29-11-3-1-4-12-29)45-37(49-39)43-31-15-7-9-27(33(31)63(57,58)59)17-18-28-10-8-16-32(34(28)64(60,61)62)44-38-46-36(42-30-13-5-2-6-14-30)48-40(50-38)52(21-25-55)22-26-56;;;;/h1-18,53-56H,19-26H2,(H,57,58,59)(H,60,61,62)(H2,41,43,45,47,49)(H2,42,44,46,48,50);;;;/q;2*+1;2*-1/b18-17+;;;;. The fourth-order valence-electron chi connectivity index (χ4n) is 6.21. The van der Waals surface area contributed by atoms with Gasteiger partial charge in [-0.05, 0) is 47.5 Å². The molecule has 0 spiro atoms. The molecular weight excluding hydrogens is 919 g/mol. The van der Waals surface area contributed by atoms with Crippen LogP contribution in [0.3, 0.4) is 0 Å². The summed E-state index contributed by atoms with van der Waals surface area (Å²) in [6.45, 7) is -1.11. The first-order valence-electron chi connectivity index (χ1n) is 19.3. The Morgan fingerprint density at radius 1 is 0.455 bits per heavy atom. The van der Waals surface area contributed by atoms with Gasteiger partial charge in [0.2, 0.25) is 35.7 Å². The minimum Gasteiger partial charge on any atom is -1.00 e. The zero-order valence-corrected chi connectivity index (χ0v) is 41.4. The van der Waals surface area contributed by atoms with Crippen molar-refractivity contribution < 1.29 is 108 Å². The minimum absolute atomic E-state index is 0. The molecule has 0 saturated carbocycles. The predicted octanol–water partition coefficient (Wildman–Crippen LogP) is -2.49. The minimum atomic E-state index is -5.05. The van der Waals surface area contributed by atoms with Gasteiger partial charge in [0.15, 0.2) is 0 Å². The van der Waals surface area contributed by atoms with Gasteiger partial charge in [-0.15, -0.1) is 0 Å². The molecule has 0 aliphatic rings. The van der Waals surface area contributed by atoms with Gasteiger partial charge in [-0.3, -0.25) is 9.11 Å². The molecule has 6 rings (SSSR count). The Bertz CT molecular complexity index is 2600. The van der Waals surface area contributed by atoms with Gasteiger partial charge >= 0.3 is 59.1 Å². The Morgan fingerprint density at radius 3 is 1.08 bits per heavy atom. The zero-order valence-electron chi connectivity index (χ0n) is 37.8. The number of aliphatic hydroxyl groups is 4. The molecule has 0 saturated heterocycles. The second-order valence-electron chi connectivity index (χ2n) is 13.4. The molecule has 22 nitrogen and oxygen atoms in total. The van der Waals surface area contributed by atoms with E-state index in [0.717, 1.165) is 0 Å². The number of nitrogens with zero attached hydrogens (tertiary/aromatic N) is 8. The molecule has 6 aromatic rings. The van der Waals surface area contributed by atoms with Crippen LogP contribution in [0, 0.1) is 0 Å². The first-order chi connectivity index (χ1) is 30.8. The van der Waals surface area contributed by atoms with Crippen LogP contribution in [0.5, 0.6) is 0 Å². The number of para-hydroxylation sites is 2. The molecule has 4 aromatic carbocycles. The van der Waals surface area contributed by atoms with Crippen molar-refractivity contribution in [1.82, 2.24) is 29.9 Å². The monoisotopic (exact) mass is 964 g/mol. The van der Waals surface area contributed by atoms with Crippen LogP contribution < -0.4 is 90.2 Å². The van der Waals surface area contributed by atoms with E-state index >= 15 is 0 Å². The van der Waals surface area contributed by atoms with Crippen molar-refractivity contribution in [3.63, 3.8) is 0 Å². The molecule has 0 atom stereocenters. The molecule has 26 heteroatoms. The Morgan fingerprint density at radius 2 is 0.773 bits per heavy atom. The molecule has 10 N–H and O–H groups in total. The number of aliphatic hydroxyl groups excluding tert-OH is 4. The summed E-state index contributed by atoms with van der Waals surface area (Å²) in [6, 6.07) is 25.9. The van der Waals surface area contributed by atoms with Crippen molar-refractivity contribution in [2.24, 2.45) is 0 Å². The van der Waals surface area contributed by atoms with E-state index in [1.165, 1.54) is 58.4 Å². The van der Waals surface area contributed by atoms with Crippen LogP contribution in [0.4, 0.5) is 58.4 Å². The zero-order chi connectivity index (χ0) is 45.7. The third kappa shape index (κ3) is 14.8. The molecule has 2 heterocycles. The van der Waals surface area contributed by atoms with Crippen LogP contribution in [0.15, 0.2) is 107 Å². The van der Waals surface area contributed by atoms with Crippen LogP contribution in [-0.4, -0.2) is 129 Å². The van der Waals surface area contributed by atoms with Crippen molar-refractivity contribution in [2.45, 2.75) is 9.79 Å². The SMILES string of the molecule is O=S(=O)(O)c1c(/C=C/c2cccc(Nc3nc(Nc4ccccc4)nc(N(CCO)CCO)n3)c2S(=O)(=O)O)cccc1Nc1nc(Nc2ccccc2)nc(N(CCO)CCO)n1.[H-].[H-].[Na+].[Na+]. The Hall–Kier alpha value is -4.90. The normalized spacial score (nSPS) is 11.3. The van der Waals surface area contributed by atoms with Gasteiger partial charge in [-0.25, -0.2) is 0 Å². The molecule has 0 aliphatic heterocycles. The topological polar surface area (TPSA) is 322 Å². The van der Waals surface area contributed by atoms with Gasteiger partial charge in [-0.1, -0.05) is 72.8 Å². The summed E-state index contributed by atoms with van der Waals surface area (Å²) in [5, 5.41) is 50.4. The molecule has 0 amide bonds. The Labute approximate surface area is 427 Å². The molecule has 0 unspecified atom stereocenters. The van der Waals surface area contributed by atoms with Crippen molar-refractivity contribution in [3.05, 3.63) is 108 Å². The Kier molecular flexibility index (Phi) is 20.6. The van der Waals surface area contributed by atoms with Gasteiger partial charge in [0.1, 0.15) is 9.79 Å². The maximum atomic E-state index is 13.1. The predicted molar refractivity (Wildman–Crippen MR) is 242 cm³/mol. The van der Waals surface area contributed by atoms with Crippen LogP contribution in [-0.2, 0) is 20.2 Å². The molecule has 0 aliphatic carbocycles. The van der Waals surface area contributed by atoms with Gasteiger partial charge in [0, 0.05) is 37.6 Å². The van der Waals surface area contributed by atoms with E-state index in [9.17, 15) is 46.4 Å². The second kappa shape index (κ2) is 25.3. The van der Waals surface area contributed by atoms with Crippen LogP contribution in [0.1, 0.15) is 14.0 Å². The summed E-state index contributed by atoms with van der Waals surface area (Å²) in [5.74, 6) is -0.330. The second-order valence-corrected chi connectivity index (χ2v) is 16.1. The van der Waals surface area contributed by atoms with Gasteiger partial charge in [0.25, 0.3) is 20.2 Å². The average Bonchev–Trinajstić information content (AvgIpc) is 3.25. The van der Waals surface area contributed by atoms with E-state index in [1.807, 2.05) is 0 Å². The molecule has 340 valence electrons. The van der Waals surface area contributed by atoms with Crippen LogP contribution >= 0.6 is 0 Å². The molecular formula is C40H46N12Na2O10S2. The van der Waals surface area contributed by atoms with Gasteiger partial charge < -0.3 is 54.3 Å². The summed E-state index contributed by atoms with van der Waals surface area (Å²) in [7, 11) is -10.1. The molecule has 0 fully saturated rings. The average molecular weight is 965 g/mol. The summed E-state index contributed by atoms with van der Waals surface area (Å²) in [6.07, 6.45) is 2.41. The number of anilines is 10. The quantitative estimate of drug-likeness (QED) is 0.0191. The number of nitrogens with one attached hydrogen (secondary N) is 4. The molecule has 0 bridgehead atoms. The maximum absolute atomic E-state index is 13.1. The molecule has 0 radical (unpaired) electrons. The fraction of sp³-hybridized carbons (Fsp3) is 0.200. The smallest absolute Gasteiger partial charge is 1.00 e. The van der Waals surface area contributed by atoms with Crippen LogP contribution in [0.25, 0.3) is 12.2 Å². The Balaban J connectivity index is 0.00000397. The number of hydrogen-bond donors (Lipinski definition) is 10. The van der Waals surface area contributed by atoms with E-state index in [-0.39, 0.29) is 173 Å². The first-order valence-corrected chi connectivity index (χ1v) is 22.2. The van der Waals surface area contributed by atoms with E-state index in [2.05, 4.69) is 51.2 Å². The van der Waals surface area contributed by atoms with E-state index in [0.29, 0.717) is 11.4 Å². The third-order valence-corrected chi connectivity index (χ3v) is 10.8. The third-order valence-electron chi connectivity index (χ3n) is 8.89. The van der Waals surface area contributed by atoms with Gasteiger partial charge in [0.05, 0.1) is 37.8 Å². The van der Waals surface area contributed by atoms with E-state index in [4.69, 9.17) is 0 Å². The molecule has 2 aromatic heterocycles. The summed E-state index contributed by atoms with van der Waals surface area (Å²) >= 11 is 0. The van der Waals surface area contributed by atoms with Crippen molar-refractivity contribution in [3.8, 4) is 0 Å². The number of aromatic nitrogens is 6.